The number of aryl methyl sites for hydroxylation is 1. The molecule has 1 aliphatic heterocycles. The summed E-state index contributed by atoms with van der Waals surface area (Å²) in [5.41, 5.74) is 2.09. The summed E-state index contributed by atoms with van der Waals surface area (Å²) in [6, 6.07) is 8.10. The highest BCUT2D eigenvalue weighted by Crippen LogP contribution is 2.21. The van der Waals surface area contributed by atoms with Gasteiger partial charge in [-0.1, -0.05) is 12.1 Å². The first-order chi connectivity index (χ1) is 12.7. The van der Waals surface area contributed by atoms with Crippen molar-refractivity contribution < 1.29 is 4.79 Å². The van der Waals surface area contributed by atoms with Gasteiger partial charge in [0.2, 0.25) is 5.91 Å². The van der Waals surface area contributed by atoms with Crippen molar-refractivity contribution in [3.8, 4) is 0 Å². The number of nitrogens with one attached hydrogen (secondary N) is 2. The van der Waals surface area contributed by atoms with Crippen LogP contribution in [0.3, 0.4) is 0 Å². The molecule has 1 aromatic heterocycles. The fraction of sp³-hybridized carbons (Fsp3) is 0.421. The van der Waals surface area contributed by atoms with Crippen LogP contribution in [0.5, 0.6) is 0 Å². The SMILES string of the molecule is CCNC(=NCc1ccc(N2CCCC2=O)cc1)NCc1cnc(C)s1.I. The number of amides is 1. The highest BCUT2D eigenvalue weighted by Gasteiger charge is 2.21. The molecule has 27 heavy (non-hydrogen) atoms. The Labute approximate surface area is 181 Å². The van der Waals surface area contributed by atoms with Crippen LogP contribution >= 0.6 is 35.3 Å². The first kappa shape index (κ1) is 21.6. The van der Waals surface area contributed by atoms with E-state index >= 15 is 0 Å². The van der Waals surface area contributed by atoms with Crippen molar-refractivity contribution in [2.45, 2.75) is 39.8 Å². The van der Waals surface area contributed by atoms with Gasteiger partial charge in [-0.2, -0.15) is 0 Å². The van der Waals surface area contributed by atoms with Crippen LogP contribution in [0.15, 0.2) is 35.5 Å². The minimum Gasteiger partial charge on any atom is -0.357 e. The number of guanidine groups is 1. The number of aromatic nitrogens is 1. The molecule has 1 amide bonds. The molecule has 1 fully saturated rings. The van der Waals surface area contributed by atoms with Crippen molar-refractivity contribution >= 4 is 52.9 Å². The second-order valence-corrected chi connectivity index (χ2v) is 7.53. The number of nitrogens with zero attached hydrogens (tertiary/aromatic N) is 3. The normalized spacial score (nSPS) is 14.2. The van der Waals surface area contributed by atoms with Gasteiger partial charge in [0.25, 0.3) is 0 Å². The van der Waals surface area contributed by atoms with Crippen LogP contribution in [0, 0.1) is 6.92 Å². The highest BCUT2D eigenvalue weighted by atomic mass is 127. The van der Waals surface area contributed by atoms with Gasteiger partial charge in [-0.15, -0.1) is 35.3 Å². The van der Waals surface area contributed by atoms with Crippen molar-refractivity contribution in [2.24, 2.45) is 4.99 Å². The molecule has 3 rings (SSSR count). The van der Waals surface area contributed by atoms with Crippen LogP contribution < -0.4 is 15.5 Å². The Morgan fingerprint density at radius 2 is 2.07 bits per heavy atom. The van der Waals surface area contributed by atoms with Gasteiger partial charge in [0.05, 0.1) is 18.1 Å². The minimum atomic E-state index is 0. The van der Waals surface area contributed by atoms with Gasteiger partial charge in [0, 0.05) is 36.3 Å². The molecule has 0 unspecified atom stereocenters. The predicted molar refractivity (Wildman–Crippen MR) is 122 cm³/mol. The summed E-state index contributed by atoms with van der Waals surface area (Å²) in [5.74, 6) is 1.00. The van der Waals surface area contributed by atoms with E-state index in [-0.39, 0.29) is 29.9 Å². The average Bonchev–Trinajstić information content (AvgIpc) is 3.26. The second-order valence-electron chi connectivity index (χ2n) is 6.21. The van der Waals surface area contributed by atoms with Crippen LogP contribution in [0.4, 0.5) is 5.69 Å². The minimum absolute atomic E-state index is 0. The number of hydrogen-bond acceptors (Lipinski definition) is 4. The number of aliphatic imine (C=N–C) groups is 1. The first-order valence-electron chi connectivity index (χ1n) is 8.98. The van der Waals surface area contributed by atoms with Crippen LogP contribution in [0.25, 0.3) is 0 Å². The summed E-state index contributed by atoms with van der Waals surface area (Å²) in [5, 5.41) is 7.67. The Morgan fingerprint density at radius 3 is 2.67 bits per heavy atom. The number of carbonyl (C=O) groups is 1. The zero-order valence-electron chi connectivity index (χ0n) is 15.7. The molecule has 0 aliphatic carbocycles. The number of anilines is 1. The van der Waals surface area contributed by atoms with Crippen LogP contribution in [0.1, 0.15) is 35.2 Å². The lowest BCUT2D eigenvalue weighted by atomic mass is 10.2. The van der Waals surface area contributed by atoms with E-state index in [0.717, 1.165) is 41.7 Å². The lowest BCUT2D eigenvalue weighted by molar-refractivity contribution is -0.117. The summed E-state index contributed by atoms with van der Waals surface area (Å²) in [6.45, 7) is 6.99. The Hall–Kier alpha value is -1.68. The van der Waals surface area contributed by atoms with E-state index in [2.05, 4.69) is 27.5 Å². The van der Waals surface area contributed by atoms with Crippen molar-refractivity contribution in [1.29, 1.82) is 0 Å². The van der Waals surface area contributed by atoms with Crippen molar-refractivity contribution in [3.63, 3.8) is 0 Å². The fourth-order valence-electron chi connectivity index (χ4n) is 2.87. The lowest BCUT2D eigenvalue weighted by Gasteiger charge is -2.15. The van der Waals surface area contributed by atoms with Gasteiger partial charge >= 0.3 is 0 Å². The maximum atomic E-state index is 11.8. The highest BCUT2D eigenvalue weighted by molar-refractivity contribution is 14.0. The summed E-state index contributed by atoms with van der Waals surface area (Å²) in [7, 11) is 0. The lowest BCUT2D eigenvalue weighted by Crippen LogP contribution is -2.36. The zero-order chi connectivity index (χ0) is 18.4. The summed E-state index contributed by atoms with van der Waals surface area (Å²) in [6.07, 6.45) is 3.50. The number of benzene rings is 1. The average molecular weight is 499 g/mol. The predicted octanol–water partition coefficient (Wildman–Crippen LogP) is 3.45. The van der Waals surface area contributed by atoms with Crippen LogP contribution in [-0.2, 0) is 17.9 Å². The maximum Gasteiger partial charge on any atom is 0.227 e. The standard InChI is InChI=1S/C19H25N5OS.HI/c1-3-20-19(23-13-17-12-21-14(2)26-17)22-11-15-6-8-16(9-7-15)24-10-4-5-18(24)25;/h6-9,12H,3-5,10-11,13H2,1-2H3,(H2,20,22,23);1H. The quantitative estimate of drug-likeness (QED) is 0.363. The van der Waals surface area contributed by atoms with E-state index in [9.17, 15) is 4.79 Å². The Morgan fingerprint density at radius 1 is 1.30 bits per heavy atom. The van der Waals surface area contributed by atoms with Gasteiger partial charge in [-0.25, -0.2) is 9.98 Å². The monoisotopic (exact) mass is 499 g/mol. The molecule has 1 saturated heterocycles. The molecule has 1 aliphatic rings. The molecule has 2 heterocycles. The number of thiazole rings is 1. The molecule has 2 N–H and O–H groups in total. The molecule has 2 aromatic rings. The second kappa shape index (κ2) is 10.6. The molecule has 1 aromatic carbocycles. The van der Waals surface area contributed by atoms with E-state index in [1.165, 1.54) is 4.88 Å². The van der Waals surface area contributed by atoms with Gasteiger partial charge < -0.3 is 15.5 Å². The van der Waals surface area contributed by atoms with Crippen molar-refractivity contribution in [3.05, 3.63) is 45.9 Å². The number of halogens is 1. The smallest absolute Gasteiger partial charge is 0.227 e. The Bertz CT molecular complexity index is 775. The third-order valence-corrected chi connectivity index (χ3v) is 5.10. The van der Waals surface area contributed by atoms with E-state index in [4.69, 9.17) is 0 Å². The summed E-state index contributed by atoms with van der Waals surface area (Å²) < 4.78 is 0. The molecule has 8 heteroatoms. The van der Waals surface area contributed by atoms with E-state index in [1.807, 2.05) is 42.3 Å². The number of hydrogen-bond donors (Lipinski definition) is 2. The molecular formula is C19H26IN5OS. The van der Waals surface area contributed by atoms with E-state index < -0.39 is 0 Å². The van der Waals surface area contributed by atoms with Crippen molar-refractivity contribution in [2.75, 3.05) is 18.0 Å². The largest absolute Gasteiger partial charge is 0.357 e. The zero-order valence-corrected chi connectivity index (χ0v) is 18.8. The molecule has 0 radical (unpaired) electrons. The Kier molecular flexibility index (Phi) is 8.49. The summed E-state index contributed by atoms with van der Waals surface area (Å²) >= 11 is 1.69. The maximum absolute atomic E-state index is 11.8. The van der Waals surface area contributed by atoms with Gasteiger partial charge in [-0.3, -0.25) is 4.79 Å². The Balaban J connectivity index is 0.00000261. The molecule has 0 bridgehead atoms. The summed E-state index contributed by atoms with van der Waals surface area (Å²) in [4.78, 5) is 23.8. The third-order valence-electron chi connectivity index (χ3n) is 4.18. The van der Waals surface area contributed by atoms with Gasteiger partial charge in [0.1, 0.15) is 0 Å². The third kappa shape index (κ3) is 6.17. The topological polar surface area (TPSA) is 69.6 Å². The van der Waals surface area contributed by atoms with Crippen LogP contribution in [-0.4, -0.2) is 29.9 Å². The molecule has 0 spiro atoms. The van der Waals surface area contributed by atoms with E-state index in [1.54, 1.807) is 11.3 Å². The molecule has 146 valence electrons. The van der Waals surface area contributed by atoms with Crippen molar-refractivity contribution in [1.82, 2.24) is 15.6 Å². The fourth-order valence-corrected chi connectivity index (χ4v) is 3.61. The van der Waals surface area contributed by atoms with Gasteiger partial charge in [0.15, 0.2) is 5.96 Å². The molecule has 0 saturated carbocycles. The van der Waals surface area contributed by atoms with Gasteiger partial charge in [-0.05, 0) is 38.0 Å². The molecule has 6 nitrogen and oxygen atoms in total. The number of rotatable bonds is 6. The van der Waals surface area contributed by atoms with E-state index in [0.29, 0.717) is 19.5 Å². The first-order valence-corrected chi connectivity index (χ1v) is 9.80. The number of carbonyl (C=O) groups excluding carboxylic acids is 1. The van der Waals surface area contributed by atoms with Crippen LogP contribution in [0.2, 0.25) is 0 Å². The molecular weight excluding hydrogens is 473 g/mol. The molecule has 0 atom stereocenters.